The number of benzene rings is 2. The minimum atomic E-state index is 0.314. The van der Waals surface area contributed by atoms with Crippen LogP contribution in [0.5, 0.6) is 0 Å². The van der Waals surface area contributed by atoms with Crippen molar-refractivity contribution < 1.29 is 0 Å². The summed E-state index contributed by atoms with van der Waals surface area (Å²) in [7, 11) is 0. The van der Waals surface area contributed by atoms with Crippen LogP contribution in [0.2, 0.25) is 0 Å². The van der Waals surface area contributed by atoms with E-state index in [0.717, 1.165) is 30.3 Å². The number of anilines is 2. The third-order valence-electron chi connectivity index (χ3n) is 5.19. The van der Waals surface area contributed by atoms with Gasteiger partial charge in [-0.05, 0) is 41.3 Å². The number of thiazole rings is 1. The summed E-state index contributed by atoms with van der Waals surface area (Å²) in [5.41, 5.74) is 5.18. The molecule has 2 heterocycles. The highest BCUT2D eigenvalue weighted by atomic mass is 32.1. The molecule has 0 spiro atoms. The first-order chi connectivity index (χ1) is 13.7. The van der Waals surface area contributed by atoms with Crippen LogP contribution < -0.4 is 10.2 Å². The van der Waals surface area contributed by atoms with Gasteiger partial charge in [0.1, 0.15) is 0 Å². The van der Waals surface area contributed by atoms with Crippen LogP contribution in [0.4, 0.5) is 10.8 Å². The van der Waals surface area contributed by atoms with Gasteiger partial charge in [0.15, 0.2) is 5.13 Å². The predicted octanol–water partition coefficient (Wildman–Crippen LogP) is 5.43. The second kappa shape index (κ2) is 8.40. The van der Waals surface area contributed by atoms with Gasteiger partial charge in [0.05, 0.1) is 0 Å². The van der Waals surface area contributed by atoms with Crippen LogP contribution >= 0.6 is 11.3 Å². The minimum Gasteiger partial charge on any atom is -0.362 e. The number of fused-ring (bicyclic) bond motifs is 1. The van der Waals surface area contributed by atoms with E-state index in [2.05, 4.69) is 65.7 Å². The monoisotopic (exact) mass is 388 g/mol. The third kappa shape index (κ3) is 3.99. The van der Waals surface area contributed by atoms with Crippen LogP contribution in [0.3, 0.4) is 0 Å². The number of nitrogens with zero attached hydrogens (tertiary/aromatic N) is 2. The van der Waals surface area contributed by atoms with Crippen molar-refractivity contribution in [2.24, 2.45) is 0 Å². The molecule has 2 aromatic carbocycles. The molecule has 1 atom stereocenters. The fourth-order valence-corrected chi connectivity index (χ4v) is 4.53. The summed E-state index contributed by atoms with van der Waals surface area (Å²) in [5, 5.41) is 11.3. The van der Waals surface area contributed by atoms with Gasteiger partial charge in [-0.25, -0.2) is 4.98 Å². The molecule has 0 amide bonds. The number of hydrogen-bond donors (Lipinski definition) is 2. The highest BCUT2D eigenvalue weighted by Crippen LogP contribution is 2.34. The normalized spacial score (nSPS) is 14.7. The van der Waals surface area contributed by atoms with Gasteiger partial charge >= 0.3 is 0 Å². The molecule has 1 aliphatic rings. The summed E-state index contributed by atoms with van der Waals surface area (Å²) in [6.45, 7) is 4.21. The number of rotatable bonds is 6. The van der Waals surface area contributed by atoms with E-state index < -0.39 is 0 Å². The SMILES string of the molecule is CC(c1ccc(N/C=C\C=N)cc1)c1cnc(N2CCc3ccccc3C2)s1. The molecule has 1 aliphatic heterocycles. The van der Waals surface area contributed by atoms with Crippen molar-refractivity contribution in [2.75, 3.05) is 16.8 Å². The molecule has 1 aromatic heterocycles. The fourth-order valence-electron chi connectivity index (χ4n) is 3.51. The average molecular weight is 389 g/mol. The molecule has 4 rings (SSSR count). The molecule has 0 bridgehead atoms. The van der Waals surface area contributed by atoms with Crippen LogP contribution in [0.1, 0.15) is 34.4 Å². The zero-order valence-corrected chi connectivity index (χ0v) is 16.7. The fraction of sp³-hybridized carbons (Fsp3) is 0.217. The highest BCUT2D eigenvalue weighted by molar-refractivity contribution is 7.15. The Balaban J connectivity index is 1.45. The maximum absolute atomic E-state index is 7.01. The molecule has 0 fully saturated rings. The Hall–Kier alpha value is -2.92. The Morgan fingerprint density at radius 1 is 1.14 bits per heavy atom. The van der Waals surface area contributed by atoms with Crippen molar-refractivity contribution in [3.63, 3.8) is 0 Å². The van der Waals surface area contributed by atoms with Gasteiger partial charge in [0.25, 0.3) is 0 Å². The van der Waals surface area contributed by atoms with Gasteiger partial charge in [0.2, 0.25) is 0 Å². The lowest BCUT2D eigenvalue weighted by Gasteiger charge is -2.28. The second-order valence-corrected chi connectivity index (χ2v) is 8.04. The van der Waals surface area contributed by atoms with Gasteiger partial charge in [-0.1, -0.05) is 43.3 Å². The lowest BCUT2D eigenvalue weighted by Crippen LogP contribution is -2.30. The minimum absolute atomic E-state index is 0.314. The summed E-state index contributed by atoms with van der Waals surface area (Å²) in [6, 6.07) is 17.2. The van der Waals surface area contributed by atoms with Crippen molar-refractivity contribution in [3.05, 3.63) is 88.6 Å². The molecular formula is C23H24N4S. The lowest BCUT2D eigenvalue weighted by atomic mass is 10.00. The highest BCUT2D eigenvalue weighted by Gasteiger charge is 2.20. The van der Waals surface area contributed by atoms with Gasteiger partial charge in [-0.3, -0.25) is 0 Å². The quantitative estimate of drug-likeness (QED) is 0.553. The van der Waals surface area contributed by atoms with E-state index in [4.69, 9.17) is 10.4 Å². The lowest BCUT2D eigenvalue weighted by molar-refractivity contribution is 0.729. The van der Waals surface area contributed by atoms with Gasteiger partial charge in [-0.2, -0.15) is 0 Å². The zero-order chi connectivity index (χ0) is 19.3. The summed E-state index contributed by atoms with van der Waals surface area (Å²) < 4.78 is 0. The smallest absolute Gasteiger partial charge is 0.185 e. The standard InChI is InChI=1S/C23H24N4S/c1-17(18-7-9-21(10-8-18)25-13-4-12-24)22-15-26-23(28-22)27-14-11-19-5-2-3-6-20(19)16-27/h2-10,12-13,15,17,24-25H,11,14,16H2,1H3/b13-4-,24-12?. The summed E-state index contributed by atoms with van der Waals surface area (Å²) in [4.78, 5) is 8.41. The van der Waals surface area contributed by atoms with E-state index in [1.807, 2.05) is 6.20 Å². The Morgan fingerprint density at radius 2 is 1.93 bits per heavy atom. The molecule has 0 saturated heterocycles. The summed E-state index contributed by atoms with van der Waals surface area (Å²) >= 11 is 1.80. The summed E-state index contributed by atoms with van der Waals surface area (Å²) in [6.07, 6.45) is 7.80. The summed E-state index contributed by atoms with van der Waals surface area (Å²) in [5.74, 6) is 0.314. The molecule has 28 heavy (non-hydrogen) atoms. The van der Waals surface area contributed by atoms with Gasteiger partial charge < -0.3 is 15.6 Å². The van der Waals surface area contributed by atoms with E-state index >= 15 is 0 Å². The molecule has 3 aromatic rings. The van der Waals surface area contributed by atoms with Crippen LogP contribution in [0.25, 0.3) is 0 Å². The maximum atomic E-state index is 7.01. The Morgan fingerprint density at radius 3 is 2.71 bits per heavy atom. The van der Waals surface area contributed by atoms with E-state index in [1.54, 1.807) is 23.6 Å². The molecule has 0 saturated carbocycles. The van der Waals surface area contributed by atoms with Crippen LogP contribution in [-0.2, 0) is 13.0 Å². The van der Waals surface area contributed by atoms with Gasteiger partial charge in [0, 0.05) is 48.2 Å². The zero-order valence-electron chi connectivity index (χ0n) is 15.9. The van der Waals surface area contributed by atoms with E-state index in [9.17, 15) is 0 Å². The van der Waals surface area contributed by atoms with Crippen LogP contribution in [-0.4, -0.2) is 17.7 Å². The Kier molecular flexibility index (Phi) is 5.53. The van der Waals surface area contributed by atoms with E-state index in [1.165, 1.54) is 27.8 Å². The van der Waals surface area contributed by atoms with Crippen molar-refractivity contribution in [2.45, 2.75) is 25.8 Å². The Bertz CT molecular complexity index is 974. The van der Waals surface area contributed by atoms with E-state index in [-0.39, 0.29) is 0 Å². The maximum Gasteiger partial charge on any atom is 0.185 e. The van der Waals surface area contributed by atoms with E-state index in [0.29, 0.717) is 5.92 Å². The number of nitrogens with one attached hydrogen (secondary N) is 2. The third-order valence-corrected chi connectivity index (χ3v) is 6.43. The van der Waals surface area contributed by atoms with Crippen LogP contribution in [0.15, 0.2) is 67.0 Å². The van der Waals surface area contributed by atoms with Gasteiger partial charge in [-0.15, -0.1) is 11.3 Å². The largest absolute Gasteiger partial charge is 0.362 e. The predicted molar refractivity (Wildman–Crippen MR) is 119 cm³/mol. The molecule has 142 valence electrons. The topological polar surface area (TPSA) is 52.0 Å². The van der Waals surface area contributed by atoms with Crippen molar-refractivity contribution >= 4 is 28.4 Å². The van der Waals surface area contributed by atoms with Crippen molar-refractivity contribution in [1.29, 1.82) is 5.41 Å². The Labute approximate surface area is 170 Å². The first-order valence-electron chi connectivity index (χ1n) is 9.54. The number of allylic oxidation sites excluding steroid dienone is 1. The number of hydrogen-bond acceptors (Lipinski definition) is 5. The molecule has 4 nitrogen and oxygen atoms in total. The average Bonchev–Trinajstić information content (AvgIpc) is 3.24. The molecule has 0 radical (unpaired) electrons. The van der Waals surface area contributed by atoms with Crippen molar-refractivity contribution in [3.8, 4) is 0 Å². The van der Waals surface area contributed by atoms with Crippen molar-refractivity contribution in [1.82, 2.24) is 4.98 Å². The first kappa shape index (κ1) is 18.4. The second-order valence-electron chi connectivity index (χ2n) is 7.00. The molecule has 1 unspecified atom stereocenters. The van der Waals surface area contributed by atoms with Crippen LogP contribution in [0, 0.1) is 5.41 Å². The molecule has 0 aliphatic carbocycles. The number of aromatic nitrogens is 1. The molecule has 2 N–H and O–H groups in total. The molecule has 5 heteroatoms. The first-order valence-corrected chi connectivity index (χ1v) is 10.4. The molecular weight excluding hydrogens is 364 g/mol.